The van der Waals surface area contributed by atoms with Gasteiger partial charge in [0.15, 0.2) is 11.5 Å². The van der Waals surface area contributed by atoms with Crippen LogP contribution in [0.3, 0.4) is 0 Å². The van der Waals surface area contributed by atoms with Gasteiger partial charge in [-0.15, -0.1) is 0 Å². The van der Waals surface area contributed by atoms with Crippen LogP contribution in [0.5, 0.6) is 28.7 Å². The fraction of sp³-hybridized carbons (Fsp3) is 0.429. The smallest absolute Gasteiger partial charge is 0.157 e. The zero-order chi connectivity index (χ0) is 23.3. The molecule has 9 N–H and O–H groups in total. The highest BCUT2D eigenvalue weighted by Gasteiger charge is 2.46. The third-order valence-corrected chi connectivity index (χ3v) is 5.90. The van der Waals surface area contributed by atoms with Crippen molar-refractivity contribution in [2.45, 2.75) is 49.1 Å². The number of aromatic hydroxyl groups is 4. The minimum absolute atomic E-state index is 0.0243. The number of ether oxygens (including phenoxy) is 2. The van der Waals surface area contributed by atoms with Crippen LogP contribution in [0, 0.1) is 0 Å². The first-order chi connectivity index (χ1) is 15.1. The van der Waals surface area contributed by atoms with Gasteiger partial charge in [-0.05, 0) is 17.7 Å². The van der Waals surface area contributed by atoms with Crippen LogP contribution in [-0.4, -0.2) is 83.1 Å². The number of hydrogen-bond donors (Lipinski definition) is 9. The maximum absolute atomic E-state index is 10.8. The average Bonchev–Trinajstić information content (AvgIpc) is 2.76. The van der Waals surface area contributed by atoms with E-state index in [1.807, 2.05) is 0 Å². The summed E-state index contributed by atoms with van der Waals surface area (Å²) in [6.07, 6.45) is -10.1. The van der Waals surface area contributed by atoms with Crippen molar-refractivity contribution in [1.82, 2.24) is 0 Å². The van der Waals surface area contributed by atoms with E-state index < -0.39 is 66.6 Å². The first kappa shape index (κ1) is 22.4. The molecule has 7 atom stereocenters. The Hall–Kier alpha value is -2.80. The number of phenolic OH excluding ortho intramolecular Hbond substituents is 4. The van der Waals surface area contributed by atoms with Crippen LogP contribution in [0.2, 0.25) is 0 Å². The van der Waals surface area contributed by atoms with Crippen molar-refractivity contribution in [2.75, 3.05) is 6.61 Å². The van der Waals surface area contributed by atoms with E-state index in [2.05, 4.69) is 0 Å². The number of phenols is 4. The molecule has 0 amide bonds. The lowest BCUT2D eigenvalue weighted by molar-refractivity contribution is -0.232. The Labute approximate surface area is 181 Å². The maximum Gasteiger partial charge on any atom is 0.157 e. The topological polar surface area (TPSA) is 201 Å². The van der Waals surface area contributed by atoms with Gasteiger partial charge in [-0.25, -0.2) is 0 Å². The molecule has 0 aromatic heterocycles. The van der Waals surface area contributed by atoms with Crippen LogP contribution < -0.4 is 4.74 Å². The Kier molecular flexibility index (Phi) is 5.79. The molecule has 2 aliphatic heterocycles. The molecule has 0 spiro atoms. The van der Waals surface area contributed by atoms with E-state index in [0.29, 0.717) is 5.56 Å². The van der Waals surface area contributed by atoms with E-state index in [-0.39, 0.29) is 29.0 Å². The summed E-state index contributed by atoms with van der Waals surface area (Å²) in [5.41, 5.74) is 0.147. The molecule has 0 radical (unpaired) electrons. The first-order valence-corrected chi connectivity index (χ1v) is 9.88. The van der Waals surface area contributed by atoms with Crippen LogP contribution in [0.25, 0.3) is 0 Å². The molecule has 7 unspecified atom stereocenters. The van der Waals surface area contributed by atoms with Gasteiger partial charge >= 0.3 is 0 Å². The van der Waals surface area contributed by atoms with E-state index in [1.165, 1.54) is 18.2 Å². The van der Waals surface area contributed by atoms with Gasteiger partial charge in [0.2, 0.25) is 0 Å². The van der Waals surface area contributed by atoms with Gasteiger partial charge in [-0.3, -0.25) is 0 Å². The molecule has 2 heterocycles. The van der Waals surface area contributed by atoms with Crippen LogP contribution in [0.1, 0.15) is 28.9 Å². The Bertz CT molecular complexity index is 1010. The van der Waals surface area contributed by atoms with Crippen LogP contribution in [-0.2, 0) is 11.2 Å². The van der Waals surface area contributed by atoms with Crippen molar-refractivity contribution in [2.24, 2.45) is 0 Å². The van der Waals surface area contributed by atoms with Gasteiger partial charge in [0, 0.05) is 18.1 Å². The summed E-state index contributed by atoms with van der Waals surface area (Å²) in [6.45, 7) is -0.684. The van der Waals surface area contributed by atoms with E-state index >= 15 is 0 Å². The molecular weight excluding hydrogens is 428 g/mol. The Balaban J connectivity index is 1.70. The Morgan fingerprint density at radius 1 is 0.812 bits per heavy atom. The summed E-state index contributed by atoms with van der Waals surface area (Å²) in [5.74, 6) is -1.83. The molecule has 1 fully saturated rings. The summed E-state index contributed by atoms with van der Waals surface area (Å²) >= 11 is 0. The third kappa shape index (κ3) is 3.58. The van der Waals surface area contributed by atoms with Gasteiger partial charge in [-0.2, -0.15) is 0 Å². The number of aliphatic hydroxyl groups excluding tert-OH is 5. The summed E-state index contributed by atoms with van der Waals surface area (Å²) in [5, 5.41) is 90.9. The predicted octanol–water partition coefficient (Wildman–Crippen LogP) is -0.939. The molecule has 0 saturated carbocycles. The average molecular weight is 452 g/mol. The van der Waals surface area contributed by atoms with Crippen molar-refractivity contribution in [3.05, 3.63) is 41.0 Å². The Morgan fingerprint density at radius 2 is 1.53 bits per heavy atom. The molecule has 32 heavy (non-hydrogen) atoms. The normalized spacial score (nSPS) is 32.2. The van der Waals surface area contributed by atoms with Crippen molar-refractivity contribution in [3.8, 4) is 28.7 Å². The number of fused-ring (bicyclic) bond motifs is 1. The van der Waals surface area contributed by atoms with Crippen LogP contribution in [0.15, 0.2) is 24.3 Å². The second kappa shape index (κ2) is 8.28. The van der Waals surface area contributed by atoms with Gasteiger partial charge in [0.25, 0.3) is 0 Å². The molecule has 2 aromatic rings. The lowest BCUT2D eigenvalue weighted by atomic mass is 9.87. The van der Waals surface area contributed by atoms with E-state index in [9.17, 15) is 46.0 Å². The summed E-state index contributed by atoms with van der Waals surface area (Å²) in [6, 6.07) is 5.03. The highest BCUT2D eigenvalue weighted by Crippen LogP contribution is 2.49. The summed E-state index contributed by atoms with van der Waals surface area (Å²) in [4.78, 5) is 0. The van der Waals surface area contributed by atoms with Crippen molar-refractivity contribution in [3.63, 3.8) is 0 Å². The maximum atomic E-state index is 10.8. The molecule has 0 bridgehead atoms. The number of hydrogen-bond acceptors (Lipinski definition) is 11. The largest absolute Gasteiger partial charge is 0.507 e. The highest BCUT2D eigenvalue weighted by atomic mass is 16.5. The van der Waals surface area contributed by atoms with Crippen molar-refractivity contribution >= 4 is 0 Å². The predicted molar refractivity (Wildman–Crippen MR) is 105 cm³/mol. The second-order valence-electron chi connectivity index (χ2n) is 7.94. The molecule has 1 saturated heterocycles. The Morgan fingerprint density at radius 3 is 2.19 bits per heavy atom. The molecule has 0 aliphatic carbocycles. The van der Waals surface area contributed by atoms with Crippen LogP contribution in [0.4, 0.5) is 0 Å². The molecular formula is C21H24O11. The number of benzene rings is 2. The van der Waals surface area contributed by atoms with Gasteiger partial charge in [0.05, 0.1) is 18.3 Å². The molecule has 11 heteroatoms. The molecule has 174 valence electrons. The minimum Gasteiger partial charge on any atom is -0.507 e. The standard InChI is InChI=1S/C21H24O11/c22-6-14-17(28)18(29)19(30)21(32-14)15-11(25)5-13-8(16(15)27)4-12(26)20(31-13)7-1-2-9(23)10(24)3-7/h1-3,5,12,14,17-30H,4,6H2. The SMILES string of the molecule is OCC1OC(c2c(O)cc3c(c2O)CC(O)C(c2ccc(O)c(O)c2)O3)C(O)C(O)C1O. The number of aliphatic hydroxyl groups is 5. The fourth-order valence-electron chi connectivity index (χ4n) is 4.15. The van der Waals surface area contributed by atoms with Crippen molar-refractivity contribution < 1.29 is 55.4 Å². The summed E-state index contributed by atoms with van der Waals surface area (Å²) in [7, 11) is 0. The quantitative estimate of drug-likeness (QED) is 0.260. The zero-order valence-electron chi connectivity index (χ0n) is 16.6. The van der Waals surface area contributed by atoms with Crippen LogP contribution >= 0.6 is 0 Å². The first-order valence-electron chi connectivity index (χ1n) is 9.88. The van der Waals surface area contributed by atoms with E-state index in [0.717, 1.165) is 6.07 Å². The molecule has 4 rings (SSSR count). The summed E-state index contributed by atoms with van der Waals surface area (Å²) < 4.78 is 11.2. The third-order valence-electron chi connectivity index (χ3n) is 5.90. The van der Waals surface area contributed by atoms with E-state index in [1.54, 1.807) is 0 Å². The van der Waals surface area contributed by atoms with Crippen molar-refractivity contribution in [1.29, 1.82) is 0 Å². The minimum atomic E-state index is -1.73. The zero-order valence-corrected chi connectivity index (χ0v) is 16.6. The van der Waals surface area contributed by atoms with E-state index in [4.69, 9.17) is 9.47 Å². The lowest BCUT2D eigenvalue weighted by Gasteiger charge is -2.41. The van der Waals surface area contributed by atoms with Gasteiger partial charge in [-0.1, -0.05) is 6.07 Å². The fourth-order valence-corrected chi connectivity index (χ4v) is 4.15. The van der Waals surface area contributed by atoms with Gasteiger partial charge < -0.3 is 55.4 Å². The lowest BCUT2D eigenvalue weighted by Crippen LogP contribution is -2.55. The molecule has 2 aromatic carbocycles. The monoisotopic (exact) mass is 452 g/mol. The second-order valence-corrected chi connectivity index (χ2v) is 7.94. The molecule has 11 nitrogen and oxygen atoms in total. The van der Waals surface area contributed by atoms with Gasteiger partial charge in [0.1, 0.15) is 53.9 Å². The number of rotatable bonds is 3. The highest BCUT2D eigenvalue weighted by molar-refractivity contribution is 5.59. The molecule has 2 aliphatic rings.